The highest BCUT2D eigenvalue weighted by Gasteiger charge is 2.27. The Morgan fingerprint density at radius 3 is 2.61 bits per heavy atom. The molecule has 1 saturated heterocycles. The maximum Gasteiger partial charge on any atom is 0.224 e. The van der Waals surface area contributed by atoms with Crippen LogP contribution in [0, 0.1) is 5.92 Å². The zero-order valence-corrected chi connectivity index (χ0v) is 13.9. The lowest BCUT2D eigenvalue weighted by Gasteiger charge is -2.34. The van der Waals surface area contributed by atoms with E-state index in [1.54, 1.807) is 9.80 Å². The van der Waals surface area contributed by atoms with Crippen LogP contribution in [0.2, 0.25) is 0 Å². The summed E-state index contributed by atoms with van der Waals surface area (Å²) in [4.78, 5) is 27.5. The predicted molar refractivity (Wildman–Crippen MR) is 88.5 cm³/mol. The summed E-state index contributed by atoms with van der Waals surface area (Å²) in [5.74, 6) is 0.218. The van der Waals surface area contributed by atoms with E-state index < -0.39 is 6.10 Å². The second kappa shape index (κ2) is 8.11. The van der Waals surface area contributed by atoms with E-state index in [0.717, 1.165) is 12.0 Å². The summed E-state index contributed by atoms with van der Waals surface area (Å²) in [7, 11) is 0. The number of rotatable bonds is 5. The third-order valence-corrected chi connectivity index (χ3v) is 4.53. The van der Waals surface area contributed by atoms with Crippen molar-refractivity contribution in [3.05, 3.63) is 35.9 Å². The lowest BCUT2D eigenvalue weighted by atomic mass is 9.96. The molecule has 2 rings (SSSR count). The summed E-state index contributed by atoms with van der Waals surface area (Å²) in [5, 5.41) is 9.90. The van der Waals surface area contributed by atoms with Gasteiger partial charge in [0.25, 0.3) is 0 Å². The van der Waals surface area contributed by atoms with E-state index in [0.29, 0.717) is 32.6 Å². The van der Waals surface area contributed by atoms with Gasteiger partial charge in [0.1, 0.15) is 0 Å². The van der Waals surface area contributed by atoms with Gasteiger partial charge in [0.15, 0.2) is 0 Å². The molecule has 1 fully saturated rings. The first-order valence-electron chi connectivity index (χ1n) is 8.22. The summed E-state index contributed by atoms with van der Waals surface area (Å²) in [6.07, 6.45) is 0.682. The van der Waals surface area contributed by atoms with Gasteiger partial charge < -0.3 is 14.9 Å². The minimum atomic E-state index is -0.444. The molecule has 2 atom stereocenters. The first-order valence-corrected chi connectivity index (χ1v) is 8.22. The molecule has 0 radical (unpaired) electrons. The van der Waals surface area contributed by atoms with Gasteiger partial charge in [-0.3, -0.25) is 9.59 Å². The number of nitrogens with zero attached hydrogens (tertiary/aromatic N) is 2. The molecule has 1 aliphatic heterocycles. The van der Waals surface area contributed by atoms with Crippen molar-refractivity contribution in [3.8, 4) is 0 Å². The molecule has 1 aromatic rings. The van der Waals surface area contributed by atoms with Crippen LogP contribution in [0.25, 0.3) is 0 Å². The molecule has 1 N–H and O–H groups in total. The molecule has 0 aliphatic carbocycles. The molecule has 2 unspecified atom stereocenters. The molecule has 2 amide bonds. The Morgan fingerprint density at radius 1 is 1.30 bits per heavy atom. The van der Waals surface area contributed by atoms with E-state index in [1.165, 1.54) is 6.92 Å². The topological polar surface area (TPSA) is 60.9 Å². The summed E-state index contributed by atoms with van der Waals surface area (Å²) < 4.78 is 0. The molecule has 0 bridgehead atoms. The fraction of sp³-hybridized carbons (Fsp3) is 0.556. The molecule has 0 spiro atoms. The van der Waals surface area contributed by atoms with Gasteiger partial charge in [0.05, 0.1) is 6.10 Å². The smallest absolute Gasteiger partial charge is 0.224 e. The second-order valence-electron chi connectivity index (χ2n) is 6.35. The number of β-amino-alcohol motifs (C(OH)–C–C–N with tert-alkyl or cyclic N) is 1. The van der Waals surface area contributed by atoms with E-state index in [9.17, 15) is 14.7 Å². The monoisotopic (exact) mass is 318 g/mol. The van der Waals surface area contributed by atoms with Gasteiger partial charge in [-0.1, -0.05) is 37.3 Å². The van der Waals surface area contributed by atoms with Crippen LogP contribution in [0.3, 0.4) is 0 Å². The number of hydrogen-bond acceptors (Lipinski definition) is 3. The van der Waals surface area contributed by atoms with Crippen molar-refractivity contribution in [3.63, 3.8) is 0 Å². The fourth-order valence-electron chi connectivity index (χ4n) is 2.82. The summed E-state index contributed by atoms with van der Waals surface area (Å²) in [6, 6.07) is 9.76. The highest BCUT2D eigenvalue weighted by molar-refractivity contribution is 5.78. The number of amides is 2. The standard InChI is InChI=1S/C18H26N2O3/c1-14-8-10-20(13-17(14)22)18(23)9-11-19(15(2)21)12-16-6-4-3-5-7-16/h3-7,14,17,22H,8-13H2,1-2H3. The number of likely N-dealkylation sites (tertiary alicyclic amines) is 1. The Bertz CT molecular complexity index is 532. The van der Waals surface area contributed by atoms with Crippen LogP contribution >= 0.6 is 0 Å². The zero-order chi connectivity index (χ0) is 16.8. The second-order valence-corrected chi connectivity index (χ2v) is 6.35. The van der Waals surface area contributed by atoms with Gasteiger partial charge >= 0.3 is 0 Å². The Labute approximate surface area is 137 Å². The molecular formula is C18H26N2O3. The Kier molecular flexibility index (Phi) is 6.16. The van der Waals surface area contributed by atoms with Crippen LogP contribution < -0.4 is 0 Å². The van der Waals surface area contributed by atoms with Crippen LogP contribution in [0.4, 0.5) is 0 Å². The van der Waals surface area contributed by atoms with Crippen molar-refractivity contribution in [2.24, 2.45) is 5.92 Å². The summed E-state index contributed by atoms with van der Waals surface area (Å²) >= 11 is 0. The molecular weight excluding hydrogens is 292 g/mol. The number of carbonyl (C=O) groups is 2. The summed E-state index contributed by atoms with van der Waals surface area (Å²) in [5.41, 5.74) is 1.05. The molecule has 5 nitrogen and oxygen atoms in total. The lowest BCUT2D eigenvalue weighted by Crippen LogP contribution is -2.46. The van der Waals surface area contributed by atoms with Gasteiger partial charge in [0, 0.05) is 39.5 Å². The maximum absolute atomic E-state index is 12.3. The Hall–Kier alpha value is -1.88. The van der Waals surface area contributed by atoms with Crippen LogP contribution in [-0.4, -0.2) is 52.5 Å². The van der Waals surface area contributed by atoms with Gasteiger partial charge in [-0.15, -0.1) is 0 Å². The predicted octanol–water partition coefficient (Wildman–Crippen LogP) is 1.65. The Balaban J connectivity index is 1.86. The van der Waals surface area contributed by atoms with E-state index >= 15 is 0 Å². The molecule has 1 aromatic carbocycles. The molecule has 23 heavy (non-hydrogen) atoms. The molecule has 0 saturated carbocycles. The molecule has 126 valence electrons. The largest absolute Gasteiger partial charge is 0.391 e. The van der Waals surface area contributed by atoms with E-state index in [2.05, 4.69) is 0 Å². The van der Waals surface area contributed by atoms with Crippen LogP contribution in [-0.2, 0) is 16.1 Å². The minimum Gasteiger partial charge on any atom is -0.391 e. The first kappa shape index (κ1) is 17.5. The van der Waals surface area contributed by atoms with Crippen molar-refractivity contribution in [2.75, 3.05) is 19.6 Å². The molecule has 0 aromatic heterocycles. The van der Waals surface area contributed by atoms with E-state index in [1.807, 2.05) is 37.3 Å². The molecule has 5 heteroatoms. The van der Waals surface area contributed by atoms with Crippen molar-refractivity contribution in [1.82, 2.24) is 9.80 Å². The van der Waals surface area contributed by atoms with E-state index in [-0.39, 0.29) is 17.7 Å². The van der Waals surface area contributed by atoms with Crippen LogP contribution in [0.5, 0.6) is 0 Å². The number of piperidine rings is 1. The third kappa shape index (κ3) is 5.06. The first-order chi connectivity index (χ1) is 11.0. The maximum atomic E-state index is 12.3. The van der Waals surface area contributed by atoms with Crippen molar-refractivity contribution in [1.29, 1.82) is 0 Å². The van der Waals surface area contributed by atoms with Gasteiger partial charge in [-0.05, 0) is 17.9 Å². The van der Waals surface area contributed by atoms with Crippen molar-refractivity contribution < 1.29 is 14.7 Å². The lowest BCUT2D eigenvalue weighted by molar-refractivity contribution is -0.137. The number of aliphatic hydroxyl groups is 1. The van der Waals surface area contributed by atoms with Crippen molar-refractivity contribution in [2.45, 2.75) is 39.3 Å². The average Bonchev–Trinajstić information content (AvgIpc) is 2.54. The van der Waals surface area contributed by atoms with Crippen molar-refractivity contribution >= 4 is 11.8 Å². The van der Waals surface area contributed by atoms with Gasteiger partial charge in [-0.2, -0.15) is 0 Å². The van der Waals surface area contributed by atoms with E-state index in [4.69, 9.17) is 0 Å². The van der Waals surface area contributed by atoms with Gasteiger partial charge in [-0.25, -0.2) is 0 Å². The molecule has 1 heterocycles. The zero-order valence-electron chi connectivity index (χ0n) is 13.9. The number of carbonyl (C=O) groups excluding carboxylic acids is 2. The normalized spacial score (nSPS) is 21.1. The fourth-order valence-corrected chi connectivity index (χ4v) is 2.82. The van der Waals surface area contributed by atoms with Gasteiger partial charge in [0.2, 0.25) is 11.8 Å². The third-order valence-electron chi connectivity index (χ3n) is 4.53. The van der Waals surface area contributed by atoms with Crippen LogP contribution in [0.15, 0.2) is 30.3 Å². The SMILES string of the molecule is CC(=O)N(CCC(=O)N1CCC(C)C(O)C1)Cc1ccccc1. The number of hydrogen-bond donors (Lipinski definition) is 1. The number of aliphatic hydroxyl groups excluding tert-OH is 1. The molecule has 1 aliphatic rings. The quantitative estimate of drug-likeness (QED) is 0.898. The average molecular weight is 318 g/mol. The summed E-state index contributed by atoms with van der Waals surface area (Å²) in [6.45, 7) is 5.55. The Morgan fingerprint density at radius 2 is 2.00 bits per heavy atom. The van der Waals surface area contributed by atoms with Crippen LogP contribution in [0.1, 0.15) is 32.3 Å². The highest BCUT2D eigenvalue weighted by atomic mass is 16.3. The minimum absolute atomic E-state index is 0.00950. The highest BCUT2D eigenvalue weighted by Crippen LogP contribution is 2.17. The number of benzene rings is 1.